The molecule has 15 heavy (non-hydrogen) atoms. The fourth-order valence-electron chi connectivity index (χ4n) is 1.08. The molecule has 0 N–H and O–H groups in total. The smallest absolute Gasteiger partial charge is 0.130 e. The molecule has 0 saturated carbocycles. The first kappa shape index (κ1) is 11.9. The van der Waals surface area contributed by atoms with E-state index in [2.05, 4.69) is 0 Å². The highest BCUT2D eigenvalue weighted by molar-refractivity contribution is 7.85. The second-order valence-corrected chi connectivity index (χ2v) is 4.75. The van der Waals surface area contributed by atoms with E-state index in [1.54, 1.807) is 31.4 Å². The van der Waals surface area contributed by atoms with Gasteiger partial charge in [-0.15, -0.1) is 0 Å². The fourth-order valence-corrected chi connectivity index (χ4v) is 2.23. The van der Waals surface area contributed by atoms with E-state index in [1.165, 1.54) is 6.92 Å². The Morgan fingerprint density at radius 3 is 2.40 bits per heavy atom. The quantitative estimate of drug-likeness (QED) is 0.768. The zero-order valence-corrected chi connectivity index (χ0v) is 9.67. The number of ketones is 1. The number of methoxy groups -OCH3 is 1. The first-order valence-electron chi connectivity index (χ1n) is 4.65. The van der Waals surface area contributed by atoms with Gasteiger partial charge in [-0.05, 0) is 31.2 Å². The molecule has 1 rings (SSSR count). The van der Waals surface area contributed by atoms with Crippen molar-refractivity contribution in [2.24, 2.45) is 0 Å². The molecule has 0 aliphatic rings. The monoisotopic (exact) mass is 226 g/mol. The molecule has 0 aliphatic heterocycles. The summed E-state index contributed by atoms with van der Waals surface area (Å²) < 4.78 is 16.7. The summed E-state index contributed by atoms with van der Waals surface area (Å²) in [6.45, 7) is 1.51. The Balaban J connectivity index is 2.62. The van der Waals surface area contributed by atoms with E-state index in [4.69, 9.17) is 4.74 Å². The lowest BCUT2D eigenvalue weighted by Gasteiger charge is -2.02. The van der Waals surface area contributed by atoms with E-state index >= 15 is 0 Å². The molecule has 1 atom stereocenters. The molecule has 0 amide bonds. The second kappa shape index (κ2) is 5.66. The van der Waals surface area contributed by atoms with E-state index in [0.717, 1.165) is 10.6 Å². The highest BCUT2D eigenvalue weighted by Gasteiger charge is 2.05. The Morgan fingerprint density at radius 1 is 1.33 bits per heavy atom. The maximum Gasteiger partial charge on any atom is 0.130 e. The number of carbonyl (C=O) groups excluding carboxylic acids is 1. The summed E-state index contributed by atoms with van der Waals surface area (Å²) in [6, 6.07) is 7.05. The third kappa shape index (κ3) is 3.83. The zero-order chi connectivity index (χ0) is 11.3. The van der Waals surface area contributed by atoms with Gasteiger partial charge < -0.3 is 4.74 Å². The van der Waals surface area contributed by atoms with Crippen molar-refractivity contribution < 1.29 is 13.7 Å². The molecule has 3 nitrogen and oxygen atoms in total. The van der Waals surface area contributed by atoms with Gasteiger partial charge in [-0.25, -0.2) is 0 Å². The van der Waals surface area contributed by atoms with Crippen LogP contribution in [-0.2, 0) is 15.6 Å². The van der Waals surface area contributed by atoms with Gasteiger partial charge in [0.1, 0.15) is 11.5 Å². The van der Waals surface area contributed by atoms with Gasteiger partial charge in [0.05, 0.1) is 17.9 Å². The molecule has 0 spiro atoms. The molecule has 1 unspecified atom stereocenters. The van der Waals surface area contributed by atoms with Crippen LogP contribution in [0.1, 0.15) is 13.3 Å². The lowest BCUT2D eigenvalue weighted by molar-refractivity contribution is -0.116. The Kier molecular flexibility index (Phi) is 4.49. The molecule has 0 fully saturated rings. The first-order valence-corrected chi connectivity index (χ1v) is 5.97. The molecule has 4 heteroatoms. The maximum absolute atomic E-state index is 11.7. The minimum Gasteiger partial charge on any atom is -0.497 e. The number of rotatable bonds is 5. The van der Waals surface area contributed by atoms with Crippen molar-refractivity contribution in [3.63, 3.8) is 0 Å². The summed E-state index contributed by atoms with van der Waals surface area (Å²) in [4.78, 5) is 11.5. The molecule has 0 aromatic heterocycles. The molecule has 0 bridgehead atoms. The Labute approximate surface area is 91.9 Å². The van der Waals surface area contributed by atoms with Crippen LogP contribution in [0.5, 0.6) is 5.75 Å². The van der Waals surface area contributed by atoms with Gasteiger partial charge in [-0.2, -0.15) is 0 Å². The van der Waals surface area contributed by atoms with Crippen molar-refractivity contribution in [1.82, 2.24) is 0 Å². The lowest BCUT2D eigenvalue weighted by Crippen LogP contribution is -2.02. The van der Waals surface area contributed by atoms with Crippen LogP contribution in [0.3, 0.4) is 0 Å². The molecule has 0 aliphatic carbocycles. The van der Waals surface area contributed by atoms with Crippen LogP contribution in [0.25, 0.3) is 0 Å². The molecule has 82 valence electrons. The van der Waals surface area contributed by atoms with Crippen LogP contribution in [0.2, 0.25) is 0 Å². The average Bonchev–Trinajstić information content (AvgIpc) is 2.26. The normalized spacial score (nSPS) is 12.1. The number of benzene rings is 1. The van der Waals surface area contributed by atoms with Gasteiger partial charge in [0.2, 0.25) is 0 Å². The summed E-state index contributed by atoms with van der Waals surface area (Å²) in [6.07, 6.45) is 0.360. The van der Waals surface area contributed by atoms with Gasteiger partial charge in [-0.3, -0.25) is 9.00 Å². The van der Waals surface area contributed by atoms with Crippen LogP contribution in [0.4, 0.5) is 0 Å². The summed E-state index contributed by atoms with van der Waals surface area (Å²) in [5.41, 5.74) is 0. The third-order valence-electron chi connectivity index (χ3n) is 1.96. The molecule has 0 radical (unpaired) electrons. The summed E-state index contributed by atoms with van der Waals surface area (Å²) in [7, 11) is 0.494. The van der Waals surface area contributed by atoms with Crippen molar-refractivity contribution in [2.45, 2.75) is 18.2 Å². The van der Waals surface area contributed by atoms with E-state index < -0.39 is 10.8 Å². The lowest BCUT2D eigenvalue weighted by atomic mass is 10.3. The highest BCUT2D eigenvalue weighted by atomic mass is 32.2. The Morgan fingerprint density at radius 2 is 1.93 bits per heavy atom. The van der Waals surface area contributed by atoms with Gasteiger partial charge in [-0.1, -0.05) is 0 Å². The molecule has 1 aromatic rings. The van der Waals surface area contributed by atoms with Crippen molar-refractivity contribution in [1.29, 1.82) is 0 Å². The predicted molar refractivity (Wildman–Crippen MR) is 59.6 cm³/mol. The summed E-state index contributed by atoms with van der Waals surface area (Å²) >= 11 is 0. The standard InChI is InChI=1S/C11H14O3S/c1-9(12)7-8-15(13)11-5-3-10(14-2)4-6-11/h3-6H,7-8H2,1-2H3. The summed E-state index contributed by atoms with van der Waals surface area (Å²) in [5, 5.41) is 0. The van der Waals surface area contributed by atoms with Crippen molar-refractivity contribution in [2.75, 3.05) is 12.9 Å². The largest absolute Gasteiger partial charge is 0.497 e. The van der Waals surface area contributed by atoms with Crippen molar-refractivity contribution >= 4 is 16.6 Å². The maximum atomic E-state index is 11.7. The minimum atomic E-state index is -1.09. The second-order valence-electron chi connectivity index (χ2n) is 3.18. The molecular formula is C11H14O3S. The predicted octanol–water partition coefficient (Wildman–Crippen LogP) is 1.78. The van der Waals surface area contributed by atoms with Crippen LogP contribution < -0.4 is 4.74 Å². The van der Waals surface area contributed by atoms with Crippen molar-refractivity contribution in [3.05, 3.63) is 24.3 Å². The van der Waals surface area contributed by atoms with Gasteiger partial charge in [0.25, 0.3) is 0 Å². The Bertz CT molecular complexity index is 357. The van der Waals surface area contributed by atoms with Gasteiger partial charge >= 0.3 is 0 Å². The number of Topliss-reactive ketones (excluding diaryl/α,β-unsaturated/α-hetero) is 1. The number of hydrogen-bond acceptors (Lipinski definition) is 3. The zero-order valence-electron chi connectivity index (χ0n) is 8.86. The first-order chi connectivity index (χ1) is 7.13. The summed E-state index contributed by atoms with van der Waals surface area (Å²) in [5.74, 6) is 1.20. The van der Waals surface area contributed by atoms with Crippen LogP contribution in [-0.4, -0.2) is 22.9 Å². The molecule has 1 aromatic carbocycles. The molecular weight excluding hydrogens is 212 g/mol. The van der Waals surface area contributed by atoms with Crippen LogP contribution >= 0.6 is 0 Å². The highest BCUT2D eigenvalue weighted by Crippen LogP contribution is 2.14. The van der Waals surface area contributed by atoms with Gasteiger partial charge in [0.15, 0.2) is 0 Å². The number of hydrogen-bond donors (Lipinski definition) is 0. The minimum absolute atomic E-state index is 0.0665. The topological polar surface area (TPSA) is 43.4 Å². The van der Waals surface area contributed by atoms with Crippen LogP contribution in [0.15, 0.2) is 29.2 Å². The average molecular weight is 226 g/mol. The fraction of sp³-hybridized carbons (Fsp3) is 0.364. The van der Waals surface area contributed by atoms with Gasteiger partial charge in [0, 0.05) is 17.1 Å². The third-order valence-corrected chi connectivity index (χ3v) is 3.33. The Hall–Kier alpha value is -1.16. The molecule has 0 heterocycles. The van der Waals surface area contributed by atoms with Crippen LogP contribution in [0, 0.1) is 0 Å². The van der Waals surface area contributed by atoms with Crippen molar-refractivity contribution in [3.8, 4) is 5.75 Å². The molecule has 0 saturated heterocycles. The van der Waals surface area contributed by atoms with E-state index in [0.29, 0.717) is 12.2 Å². The SMILES string of the molecule is COc1ccc(S(=O)CCC(C)=O)cc1. The van der Waals surface area contributed by atoms with E-state index in [9.17, 15) is 9.00 Å². The number of ether oxygens (including phenoxy) is 1. The van der Waals surface area contributed by atoms with E-state index in [1.807, 2.05) is 0 Å². The van der Waals surface area contributed by atoms with E-state index in [-0.39, 0.29) is 5.78 Å². The number of carbonyl (C=O) groups is 1.